The molecule has 13 heavy (non-hydrogen) atoms. The van der Waals surface area contributed by atoms with Gasteiger partial charge in [0, 0.05) is 0 Å². The van der Waals surface area contributed by atoms with Gasteiger partial charge in [0.1, 0.15) is 0 Å². The fourth-order valence-corrected chi connectivity index (χ4v) is 1.25. The first kappa shape index (κ1) is 10.0. The van der Waals surface area contributed by atoms with Crippen LogP contribution in [-0.2, 0) is 0 Å². The minimum Gasteiger partial charge on any atom is -0.0882 e. The van der Waals surface area contributed by atoms with E-state index in [4.69, 9.17) is 0 Å². The largest absolute Gasteiger partial charge is 0.0882 e. The van der Waals surface area contributed by atoms with E-state index >= 15 is 0 Å². The van der Waals surface area contributed by atoms with Crippen molar-refractivity contribution in [2.75, 3.05) is 0 Å². The molecule has 0 N–H and O–H groups in total. The van der Waals surface area contributed by atoms with E-state index in [2.05, 4.69) is 48.6 Å². The van der Waals surface area contributed by atoms with E-state index in [1.807, 2.05) is 0 Å². The zero-order valence-electron chi connectivity index (χ0n) is 8.15. The summed E-state index contributed by atoms with van der Waals surface area (Å²) in [4.78, 5) is 0. The molecule has 0 fully saturated rings. The minimum atomic E-state index is 1.06. The minimum absolute atomic E-state index is 1.06. The van der Waals surface area contributed by atoms with E-state index in [0.717, 1.165) is 12.8 Å². The Bertz CT molecular complexity index is 216. The van der Waals surface area contributed by atoms with Crippen LogP contribution in [0.3, 0.4) is 0 Å². The maximum Gasteiger partial charge on any atom is -0.0166 e. The van der Waals surface area contributed by atoms with Crippen molar-refractivity contribution in [3.05, 3.63) is 48.6 Å². The Morgan fingerprint density at radius 2 is 1.00 bits per heavy atom. The number of allylic oxidation sites excluding steroid dienone is 8. The quantitative estimate of drug-likeness (QED) is 0.483. The average molecular weight is 174 g/mol. The van der Waals surface area contributed by atoms with Crippen LogP contribution in [0.4, 0.5) is 0 Å². The van der Waals surface area contributed by atoms with E-state index in [9.17, 15) is 0 Å². The third kappa shape index (κ3) is 6.15. The lowest BCUT2D eigenvalue weighted by Crippen LogP contribution is -1.66. The molecule has 0 radical (unpaired) electrons. The predicted molar refractivity (Wildman–Crippen MR) is 59.6 cm³/mol. The van der Waals surface area contributed by atoms with Crippen LogP contribution in [0.2, 0.25) is 0 Å². The first-order valence-electron chi connectivity index (χ1n) is 5.12. The van der Waals surface area contributed by atoms with Crippen LogP contribution >= 0.6 is 0 Å². The molecule has 0 saturated heterocycles. The van der Waals surface area contributed by atoms with E-state index in [1.165, 1.54) is 19.3 Å². The van der Waals surface area contributed by atoms with Crippen LogP contribution in [-0.4, -0.2) is 0 Å². The van der Waals surface area contributed by atoms with Crippen LogP contribution in [0.15, 0.2) is 48.6 Å². The molecule has 1 aliphatic carbocycles. The molecule has 70 valence electrons. The Morgan fingerprint density at radius 1 is 0.462 bits per heavy atom. The van der Waals surface area contributed by atoms with Crippen LogP contribution in [0, 0.1) is 0 Å². The summed E-state index contributed by atoms with van der Waals surface area (Å²) in [7, 11) is 0. The van der Waals surface area contributed by atoms with Crippen molar-refractivity contribution in [2.24, 2.45) is 0 Å². The highest BCUT2D eigenvalue weighted by Gasteiger charge is 1.79. The summed E-state index contributed by atoms with van der Waals surface area (Å²) in [6, 6.07) is 0. The van der Waals surface area contributed by atoms with E-state index < -0.39 is 0 Å². The van der Waals surface area contributed by atoms with Crippen molar-refractivity contribution in [3.63, 3.8) is 0 Å². The van der Waals surface area contributed by atoms with Crippen molar-refractivity contribution >= 4 is 0 Å². The Morgan fingerprint density at radius 3 is 1.77 bits per heavy atom. The van der Waals surface area contributed by atoms with Gasteiger partial charge in [0.15, 0.2) is 0 Å². The molecule has 1 aliphatic rings. The molecule has 0 aromatic rings. The zero-order chi connectivity index (χ0) is 9.19. The van der Waals surface area contributed by atoms with E-state index in [-0.39, 0.29) is 0 Å². The maximum absolute atomic E-state index is 2.28. The van der Waals surface area contributed by atoms with Gasteiger partial charge in [-0.2, -0.15) is 0 Å². The van der Waals surface area contributed by atoms with Crippen LogP contribution in [0.25, 0.3) is 0 Å². The summed E-state index contributed by atoms with van der Waals surface area (Å²) in [6.45, 7) is 0. The highest BCUT2D eigenvalue weighted by molar-refractivity contribution is 5.05. The molecule has 0 heteroatoms. The fourth-order valence-electron chi connectivity index (χ4n) is 1.25. The van der Waals surface area contributed by atoms with Crippen molar-refractivity contribution in [3.8, 4) is 0 Å². The van der Waals surface area contributed by atoms with Gasteiger partial charge in [0.05, 0.1) is 0 Å². The normalized spacial score (nSPS) is 24.0. The smallest absolute Gasteiger partial charge is 0.0166 e. The van der Waals surface area contributed by atoms with Crippen LogP contribution in [0.5, 0.6) is 0 Å². The molecule has 0 aromatic heterocycles. The number of rotatable bonds is 0. The van der Waals surface area contributed by atoms with Gasteiger partial charge in [-0.25, -0.2) is 0 Å². The van der Waals surface area contributed by atoms with Crippen molar-refractivity contribution in [1.82, 2.24) is 0 Å². The molecular weight excluding hydrogens is 156 g/mol. The van der Waals surface area contributed by atoms with Gasteiger partial charge in [-0.3, -0.25) is 0 Å². The lowest BCUT2D eigenvalue weighted by Gasteiger charge is -1.87. The lowest BCUT2D eigenvalue weighted by atomic mass is 10.2. The van der Waals surface area contributed by atoms with Crippen molar-refractivity contribution in [2.45, 2.75) is 32.1 Å². The molecule has 1 rings (SSSR count). The Balaban J connectivity index is 2.38. The summed E-state index contributed by atoms with van der Waals surface area (Å²) in [5.41, 5.74) is 0. The second-order valence-corrected chi connectivity index (χ2v) is 3.19. The van der Waals surface area contributed by atoms with Crippen molar-refractivity contribution < 1.29 is 0 Å². The van der Waals surface area contributed by atoms with Crippen molar-refractivity contribution in [1.29, 1.82) is 0 Å². The summed E-state index contributed by atoms with van der Waals surface area (Å²) in [5, 5.41) is 0. The molecule has 0 amide bonds. The van der Waals surface area contributed by atoms with E-state index in [0.29, 0.717) is 0 Å². The number of hydrogen-bond acceptors (Lipinski definition) is 0. The molecule has 0 heterocycles. The highest BCUT2D eigenvalue weighted by Crippen LogP contribution is 2.00. The molecule has 0 bridgehead atoms. The van der Waals surface area contributed by atoms with Crippen LogP contribution in [0.1, 0.15) is 32.1 Å². The Hall–Kier alpha value is -1.04. The Labute approximate surface area is 81.4 Å². The maximum atomic E-state index is 2.28. The highest BCUT2D eigenvalue weighted by atomic mass is 13.9. The second-order valence-electron chi connectivity index (χ2n) is 3.19. The standard InChI is InChI=1S/C13H18/c1-2-4-6-8-10-12-13-11-9-7-5-3-1/h1-4,7,9-10,12H,5-6,8,11,13H2/b3-1?,4-2?,9-7+,12-10-. The molecule has 0 aliphatic heterocycles. The topological polar surface area (TPSA) is 0 Å². The van der Waals surface area contributed by atoms with Gasteiger partial charge in [0.25, 0.3) is 0 Å². The molecule has 0 atom stereocenters. The summed E-state index contributed by atoms with van der Waals surface area (Å²) < 4.78 is 0. The third-order valence-corrected chi connectivity index (χ3v) is 1.99. The number of hydrogen-bond donors (Lipinski definition) is 0. The van der Waals surface area contributed by atoms with Crippen LogP contribution < -0.4 is 0 Å². The summed E-state index contributed by atoms with van der Waals surface area (Å²) in [5.74, 6) is 0. The molecule has 0 nitrogen and oxygen atoms in total. The van der Waals surface area contributed by atoms with Gasteiger partial charge in [-0.05, 0) is 32.1 Å². The Kier molecular flexibility index (Phi) is 5.87. The first-order valence-corrected chi connectivity index (χ1v) is 5.12. The second kappa shape index (κ2) is 7.60. The molecule has 0 aromatic carbocycles. The van der Waals surface area contributed by atoms with Gasteiger partial charge in [-0.1, -0.05) is 48.6 Å². The molecule has 0 saturated carbocycles. The third-order valence-electron chi connectivity index (χ3n) is 1.99. The molecular formula is C13H18. The monoisotopic (exact) mass is 174 g/mol. The first-order chi connectivity index (χ1) is 6.50. The predicted octanol–water partition coefficient (Wildman–Crippen LogP) is 4.18. The molecule has 0 spiro atoms. The van der Waals surface area contributed by atoms with E-state index in [1.54, 1.807) is 0 Å². The van der Waals surface area contributed by atoms with Gasteiger partial charge < -0.3 is 0 Å². The van der Waals surface area contributed by atoms with Gasteiger partial charge in [0.2, 0.25) is 0 Å². The fraction of sp³-hybridized carbons (Fsp3) is 0.385. The average Bonchev–Trinajstić information content (AvgIpc) is 2.18. The summed E-state index contributed by atoms with van der Waals surface area (Å²) >= 11 is 0. The zero-order valence-corrected chi connectivity index (χ0v) is 8.15. The lowest BCUT2D eigenvalue weighted by molar-refractivity contribution is 1.00. The SMILES string of the molecule is C1=CC/C=C/CC/C=C\CCC=C1. The summed E-state index contributed by atoms with van der Waals surface area (Å²) in [6.07, 6.45) is 23.5. The van der Waals surface area contributed by atoms with Gasteiger partial charge >= 0.3 is 0 Å². The molecule has 0 unspecified atom stereocenters. The van der Waals surface area contributed by atoms with Gasteiger partial charge in [-0.15, -0.1) is 0 Å².